The normalized spacial score (nSPS) is 21.3. The van der Waals surface area contributed by atoms with Gasteiger partial charge in [-0.15, -0.1) is 0 Å². The monoisotopic (exact) mass is 189 g/mol. The molecule has 2 aliphatic rings. The average molecular weight is 189 g/mol. The van der Waals surface area contributed by atoms with Gasteiger partial charge in [0.25, 0.3) is 0 Å². The van der Waals surface area contributed by atoms with Crippen molar-refractivity contribution in [3.8, 4) is 5.92 Å². The van der Waals surface area contributed by atoms with Gasteiger partial charge in [-0.25, -0.2) is 0 Å². The second-order valence-corrected chi connectivity index (χ2v) is 3.76. The van der Waals surface area contributed by atoms with Crippen molar-refractivity contribution in [1.29, 1.82) is 0 Å². The van der Waals surface area contributed by atoms with Crippen LogP contribution < -0.4 is 10.4 Å². The minimum atomic E-state index is 0.241. The molecule has 1 unspecified atom stereocenters. The minimum absolute atomic E-state index is 0.241. The fourth-order valence-electron chi connectivity index (χ4n) is 2.33. The molecule has 2 aliphatic carbocycles. The van der Waals surface area contributed by atoms with Gasteiger partial charge in [-0.05, 0) is 0 Å². The van der Waals surface area contributed by atoms with Crippen molar-refractivity contribution in [3.63, 3.8) is 0 Å². The molecule has 0 bridgehead atoms. The summed E-state index contributed by atoms with van der Waals surface area (Å²) in [4.78, 5) is 0. The Morgan fingerprint density at radius 1 is 1.07 bits per heavy atom. The van der Waals surface area contributed by atoms with Gasteiger partial charge in [-0.1, -0.05) is 0 Å². The topological polar surface area (TPSA) is 0 Å². The number of benzene rings is 1. The third-order valence-corrected chi connectivity index (χ3v) is 3.00. The van der Waals surface area contributed by atoms with Crippen LogP contribution >= 0.6 is 0 Å². The summed E-state index contributed by atoms with van der Waals surface area (Å²) < 4.78 is 0. The van der Waals surface area contributed by atoms with E-state index < -0.39 is 0 Å². The Labute approximate surface area is 88.9 Å². The van der Waals surface area contributed by atoms with Crippen molar-refractivity contribution in [2.24, 2.45) is 5.92 Å². The zero-order valence-electron chi connectivity index (χ0n) is 8.20. The van der Waals surface area contributed by atoms with Gasteiger partial charge in [0.15, 0.2) is 0 Å². The van der Waals surface area contributed by atoms with Crippen molar-refractivity contribution in [2.45, 2.75) is 0 Å². The molecule has 15 heavy (non-hydrogen) atoms. The SMILES string of the molecule is [C+]#CC1=c2ccccc2=C2C=CC=CC12. The van der Waals surface area contributed by atoms with Crippen molar-refractivity contribution < 1.29 is 0 Å². The first-order valence-corrected chi connectivity index (χ1v) is 5.03. The van der Waals surface area contributed by atoms with E-state index >= 15 is 0 Å². The predicted octanol–water partition coefficient (Wildman–Crippen LogP) is 1.33. The summed E-state index contributed by atoms with van der Waals surface area (Å²) in [5.74, 6) is 2.82. The van der Waals surface area contributed by atoms with E-state index in [1.807, 2.05) is 18.2 Å². The first kappa shape index (κ1) is 8.52. The van der Waals surface area contributed by atoms with Gasteiger partial charge in [0.2, 0.25) is 0 Å². The van der Waals surface area contributed by atoms with Crippen LogP contribution in [0.15, 0.2) is 48.6 Å². The molecule has 0 N–H and O–H groups in total. The van der Waals surface area contributed by atoms with Crippen LogP contribution in [0.2, 0.25) is 0 Å². The van der Waals surface area contributed by atoms with Crippen molar-refractivity contribution in [2.75, 3.05) is 0 Å². The molecule has 0 saturated carbocycles. The van der Waals surface area contributed by atoms with E-state index in [0.717, 1.165) is 10.8 Å². The molecule has 1 aromatic carbocycles. The summed E-state index contributed by atoms with van der Waals surface area (Å²) >= 11 is 0. The zero-order valence-corrected chi connectivity index (χ0v) is 8.20. The van der Waals surface area contributed by atoms with Crippen LogP contribution in [0.4, 0.5) is 0 Å². The molecule has 1 atom stereocenters. The van der Waals surface area contributed by atoms with Gasteiger partial charge >= 0.3 is 88.4 Å². The third kappa shape index (κ3) is 1.09. The molecule has 0 heterocycles. The van der Waals surface area contributed by atoms with Crippen LogP contribution in [-0.4, -0.2) is 0 Å². The number of allylic oxidation sites excluding steroid dienone is 4. The Hall–Kier alpha value is -1.78. The second-order valence-electron chi connectivity index (χ2n) is 3.76. The maximum atomic E-state index is 7.40. The molecule has 3 rings (SSSR count). The standard InChI is InChI=1S/C15H9/c1-2-11-12-7-3-5-9-14(12)15-10-6-4-8-13(11)15/h3-10,12H/q+1. The van der Waals surface area contributed by atoms with E-state index in [4.69, 9.17) is 6.42 Å². The first-order valence-electron chi connectivity index (χ1n) is 5.03. The fourth-order valence-corrected chi connectivity index (χ4v) is 2.33. The number of hydrogen-bond acceptors (Lipinski definition) is 0. The van der Waals surface area contributed by atoms with Gasteiger partial charge in [-0.2, -0.15) is 0 Å². The van der Waals surface area contributed by atoms with E-state index in [0.29, 0.717) is 0 Å². The molecule has 0 nitrogen and oxygen atoms in total. The summed E-state index contributed by atoms with van der Waals surface area (Å²) in [6.45, 7) is 0. The molecule has 0 radical (unpaired) electrons. The molecule has 0 aromatic heterocycles. The van der Waals surface area contributed by atoms with E-state index in [1.165, 1.54) is 10.8 Å². The van der Waals surface area contributed by atoms with E-state index in [-0.39, 0.29) is 5.92 Å². The van der Waals surface area contributed by atoms with Gasteiger partial charge in [0.05, 0.1) is 0 Å². The number of fused-ring (bicyclic) bond motifs is 2. The van der Waals surface area contributed by atoms with Crippen molar-refractivity contribution in [1.82, 2.24) is 0 Å². The van der Waals surface area contributed by atoms with Crippen LogP contribution in [-0.2, 0) is 0 Å². The van der Waals surface area contributed by atoms with Crippen molar-refractivity contribution >= 4 is 11.1 Å². The predicted molar refractivity (Wildman–Crippen MR) is 61.4 cm³/mol. The Balaban J connectivity index is 2.51. The van der Waals surface area contributed by atoms with E-state index in [2.05, 4.69) is 36.3 Å². The molecule has 0 spiro atoms. The Kier molecular flexibility index (Phi) is 1.77. The summed E-state index contributed by atoms with van der Waals surface area (Å²) in [7, 11) is 0. The number of hydrogen-bond donors (Lipinski definition) is 0. The zero-order chi connectivity index (χ0) is 10.3. The van der Waals surface area contributed by atoms with E-state index in [9.17, 15) is 0 Å². The van der Waals surface area contributed by atoms with E-state index in [1.54, 1.807) is 0 Å². The summed E-state index contributed by atoms with van der Waals surface area (Å²) in [6.07, 6.45) is 15.7. The second kappa shape index (κ2) is 3.12. The molecular weight excluding hydrogens is 180 g/mol. The Morgan fingerprint density at radius 3 is 2.67 bits per heavy atom. The van der Waals surface area contributed by atoms with Crippen LogP contribution in [0.5, 0.6) is 0 Å². The average Bonchev–Trinajstić information content (AvgIpc) is 2.63. The van der Waals surface area contributed by atoms with Crippen molar-refractivity contribution in [3.05, 3.63) is 65.4 Å². The number of rotatable bonds is 0. The molecule has 68 valence electrons. The molecule has 0 fully saturated rings. The third-order valence-electron chi connectivity index (χ3n) is 3.00. The van der Waals surface area contributed by atoms with Crippen LogP contribution in [0.25, 0.3) is 11.1 Å². The van der Waals surface area contributed by atoms with Crippen LogP contribution in [0.1, 0.15) is 0 Å². The molecule has 1 aromatic rings. The van der Waals surface area contributed by atoms with Gasteiger partial charge in [0, 0.05) is 0 Å². The Bertz CT molecular complexity index is 633. The summed E-state index contributed by atoms with van der Waals surface area (Å²) in [6, 6.07) is 8.24. The van der Waals surface area contributed by atoms with Gasteiger partial charge < -0.3 is 0 Å². The fraction of sp³-hybridized carbons (Fsp3) is 0.0667. The molecule has 0 heteroatoms. The molecule has 0 saturated heterocycles. The molecule has 0 amide bonds. The van der Waals surface area contributed by atoms with Crippen LogP contribution in [0, 0.1) is 18.3 Å². The quantitative estimate of drug-likeness (QED) is 0.426. The molecular formula is C15H9+. The Morgan fingerprint density at radius 2 is 1.87 bits per heavy atom. The first-order chi connectivity index (χ1) is 7.42. The molecule has 0 aliphatic heterocycles. The van der Waals surface area contributed by atoms with Gasteiger partial charge in [-0.3, -0.25) is 0 Å². The summed E-state index contributed by atoms with van der Waals surface area (Å²) in [5, 5.41) is 2.40. The van der Waals surface area contributed by atoms with Crippen LogP contribution in [0.3, 0.4) is 0 Å². The van der Waals surface area contributed by atoms with Gasteiger partial charge in [0.1, 0.15) is 0 Å². The summed E-state index contributed by atoms with van der Waals surface area (Å²) in [5.41, 5.74) is 2.28. The maximum absolute atomic E-state index is 7.40.